The van der Waals surface area contributed by atoms with Crippen molar-refractivity contribution in [1.82, 2.24) is 0 Å². The highest BCUT2D eigenvalue weighted by Crippen LogP contribution is 1.78. The lowest BCUT2D eigenvalue weighted by molar-refractivity contribution is -0.0525. The molecule has 1 amide bonds. The monoisotopic (exact) mass is 91.0 g/mol. The maximum Gasteiger partial charge on any atom is 0.807 e. The van der Waals surface area contributed by atoms with Crippen LogP contribution in [0.3, 0.4) is 0 Å². The van der Waals surface area contributed by atoms with Gasteiger partial charge in [-0.2, -0.15) is 9.74 Å². The number of halogens is 1. The third kappa shape index (κ3) is 1.17. The zero-order valence-corrected chi connectivity index (χ0v) is 2.59. The second kappa shape index (κ2) is 2.08. The van der Waals surface area contributed by atoms with Crippen LogP contribution in [0.4, 0.5) is 9.32 Å². The van der Waals surface area contributed by atoms with Crippen molar-refractivity contribution in [2.45, 2.75) is 0 Å². The van der Waals surface area contributed by atoms with Gasteiger partial charge in [0.1, 0.15) is 0 Å². The first kappa shape index (κ1) is 4.82. The van der Waals surface area contributed by atoms with E-state index in [0.717, 1.165) is 0 Å². The van der Waals surface area contributed by atoms with Gasteiger partial charge in [0.25, 0.3) is 4.98 Å². The Balaban J connectivity index is 3.33. The van der Waals surface area contributed by atoms with Gasteiger partial charge in [-0.1, -0.05) is 0 Å². The van der Waals surface area contributed by atoms with Crippen LogP contribution in [0.15, 0.2) is 0 Å². The summed E-state index contributed by atoms with van der Waals surface area (Å²) in [7, 11) is 0. The van der Waals surface area contributed by atoms with Crippen LogP contribution in [0.5, 0.6) is 0 Å². The van der Waals surface area contributed by atoms with Gasteiger partial charge in [0.15, 0.2) is 0 Å². The molecule has 0 N–H and O–H groups in total. The van der Waals surface area contributed by atoms with Crippen molar-refractivity contribution >= 4 is 6.09 Å². The van der Waals surface area contributed by atoms with Crippen molar-refractivity contribution in [3.8, 4) is 0 Å². The van der Waals surface area contributed by atoms with E-state index in [9.17, 15) is 4.53 Å². The predicted molar refractivity (Wildman–Crippen MR) is 12.7 cm³/mol. The first-order valence-electron chi connectivity index (χ1n) is 0.986. The second-order valence-electron chi connectivity index (χ2n) is 0.443. The highest BCUT2D eigenvalue weighted by molar-refractivity contribution is 5.76. The molecule has 0 unspecified atom stereocenters. The fourth-order valence-corrected chi connectivity index (χ4v) is 0.0154. The van der Waals surface area contributed by atoms with Gasteiger partial charge in [-0.05, 0) is 0 Å². The maximum absolute atomic E-state index is 10.3. The maximum atomic E-state index is 10.3. The van der Waals surface area contributed by atoms with Crippen LogP contribution in [0.2, 0.25) is 0 Å². The fraction of sp³-hybridized carbons (Fsp3) is 0. The van der Waals surface area contributed by atoms with Gasteiger partial charge < -0.3 is 0 Å². The molecule has 0 atom stereocenters. The van der Waals surface area contributed by atoms with Crippen LogP contribution in [-0.2, 0) is 4.94 Å². The van der Waals surface area contributed by atoms with Crippen LogP contribution in [0.25, 0.3) is 4.98 Å². The van der Waals surface area contributed by atoms with Gasteiger partial charge in [0, 0.05) is 4.53 Å². The van der Waals surface area contributed by atoms with E-state index in [0.29, 0.717) is 0 Å². The summed E-state index contributed by atoms with van der Waals surface area (Å²) in [5.74, 6) is 0. The van der Waals surface area contributed by atoms with E-state index >= 15 is 0 Å². The molecule has 0 saturated heterocycles. The molecule has 0 aliphatic carbocycles. The summed E-state index contributed by atoms with van der Waals surface area (Å²) in [5.41, 5.74) is 0. The van der Waals surface area contributed by atoms with E-state index in [1.807, 2.05) is 0 Å². The first-order valence-corrected chi connectivity index (χ1v) is 0.986. The standard InChI is InChI=1S/CFN2O2/c2-6-1(5)4-3/q+1. The van der Waals surface area contributed by atoms with Crippen LogP contribution in [-0.4, -0.2) is 6.09 Å². The molecule has 0 aromatic rings. The minimum absolute atomic E-state index is 1.64. The van der Waals surface area contributed by atoms with E-state index in [4.69, 9.17) is 10.2 Å². The molecule has 0 aliphatic heterocycles. The lowest BCUT2D eigenvalue weighted by Gasteiger charge is -1.54. The zero-order chi connectivity index (χ0) is 4.99. The molecule has 5 heteroatoms. The minimum Gasteiger partial charge on any atom is -0.172 e. The topological polar surface area (TPSA) is 54.5 Å². The highest BCUT2D eigenvalue weighted by atomic mass is 19.3. The molecular formula is CFN2O2+. The second-order valence-corrected chi connectivity index (χ2v) is 0.443. The Morgan fingerprint density at radius 1 is 2.00 bits per heavy atom. The van der Waals surface area contributed by atoms with E-state index in [-0.39, 0.29) is 0 Å². The Bertz CT molecular complexity index is 94.2. The first-order chi connectivity index (χ1) is 2.81. The zero-order valence-electron chi connectivity index (χ0n) is 2.59. The van der Waals surface area contributed by atoms with Gasteiger partial charge in [0.2, 0.25) is 5.39 Å². The van der Waals surface area contributed by atoms with Crippen LogP contribution < -0.4 is 0 Å². The number of diazo groups is 1. The molecule has 0 rings (SSSR count). The SMILES string of the molecule is N#[N+]C(=O)OF. The third-order valence-electron chi connectivity index (χ3n) is 0.148. The summed E-state index contributed by atoms with van der Waals surface area (Å²) in [6, 6.07) is 0. The molecule has 0 aliphatic rings. The average molecular weight is 91.0 g/mol. The molecule has 0 aromatic carbocycles. The summed E-state index contributed by atoms with van der Waals surface area (Å²) in [6.07, 6.45) is -1.64. The molecule has 0 bridgehead atoms. The number of carbonyl (C=O) groups excluding carboxylic acids is 1. The Hall–Kier alpha value is -1.18. The molecule has 32 valence electrons. The van der Waals surface area contributed by atoms with E-state index in [1.54, 1.807) is 4.98 Å². The van der Waals surface area contributed by atoms with Crippen LogP contribution in [0, 0.1) is 5.39 Å². The Morgan fingerprint density at radius 3 is 2.50 bits per heavy atom. The van der Waals surface area contributed by atoms with Gasteiger partial charge in [0.05, 0.1) is 0 Å². The number of rotatable bonds is 0. The number of carbonyl (C=O) groups is 1. The van der Waals surface area contributed by atoms with Crippen LogP contribution >= 0.6 is 0 Å². The van der Waals surface area contributed by atoms with Crippen molar-refractivity contribution < 1.29 is 14.3 Å². The largest absolute Gasteiger partial charge is 0.807 e. The van der Waals surface area contributed by atoms with E-state index in [1.165, 1.54) is 0 Å². The van der Waals surface area contributed by atoms with Crippen molar-refractivity contribution in [1.29, 1.82) is 5.39 Å². The van der Waals surface area contributed by atoms with Crippen molar-refractivity contribution in [3.05, 3.63) is 4.98 Å². The molecule has 0 fully saturated rings. The minimum atomic E-state index is -1.64. The summed E-state index contributed by atoms with van der Waals surface area (Å²) < 4.78 is 10.3. The fourth-order valence-electron chi connectivity index (χ4n) is 0.0154. The summed E-state index contributed by atoms with van der Waals surface area (Å²) in [6.45, 7) is 0. The molecule has 4 nitrogen and oxygen atoms in total. The van der Waals surface area contributed by atoms with Gasteiger partial charge in [-0.15, -0.1) is 0 Å². The summed E-state index contributed by atoms with van der Waals surface area (Å²) in [5, 5.41) is 7.25. The van der Waals surface area contributed by atoms with E-state index < -0.39 is 6.09 Å². The molecule has 0 saturated carbocycles. The van der Waals surface area contributed by atoms with Crippen molar-refractivity contribution in [2.24, 2.45) is 0 Å². The molecule has 0 aromatic heterocycles. The van der Waals surface area contributed by atoms with Gasteiger partial charge in [-0.3, -0.25) is 0 Å². The number of hydrogen-bond acceptors (Lipinski definition) is 3. The van der Waals surface area contributed by atoms with Crippen molar-refractivity contribution in [2.75, 3.05) is 0 Å². The number of amides is 1. The van der Waals surface area contributed by atoms with Crippen LogP contribution in [0.1, 0.15) is 0 Å². The Labute approximate surface area is 32.0 Å². The number of hydrogen-bond donors (Lipinski definition) is 0. The average Bonchev–Trinajstić information content (AvgIpc) is 1.65. The highest BCUT2D eigenvalue weighted by Gasteiger charge is 2.15. The third-order valence-corrected chi connectivity index (χ3v) is 0.148. The smallest absolute Gasteiger partial charge is 0.172 e. The summed E-state index contributed by atoms with van der Waals surface area (Å²) >= 11 is 0. The Kier molecular flexibility index (Phi) is 1.67. The molecule has 0 radical (unpaired) electrons. The molecule has 6 heavy (non-hydrogen) atoms. The predicted octanol–water partition coefficient (Wildman–Crippen LogP) is 0.861. The quantitative estimate of drug-likeness (QED) is 0.415. The summed E-state index contributed by atoms with van der Waals surface area (Å²) in [4.78, 5) is 13.3. The van der Waals surface area contributed by atoms with E-state index in [2.05, 4.69) is 4.94 Å². The number of nitrogens with zero attached hydrogens (tertiary/aromatic N) is 2. The molecule has 0 spiro atoms. The van der Waals surface area contributed by atoms with Crippen molar-refractivity contribution in [3.63, 3.8) is 0 Å². The molecular weight excluding hydrogens is 91.0 g/mol. The van der Waals surface area contributed by atoms with Gasteiger partial charge >= 0.3 is 6.09 Å². The normalized spacial score (nSPS) is 6.00. The molecule has 0 heterocycles. The van der Waals surface area contributed by atoms with Gasteiger partial charge in [-0.25, -0.2) is 0 Å². The Morgan fingerprint density at radius 2 is 2.50 bits per heavy atom. The lowest BCUT2D eigenvalue weighted by atomic mass is 11.3. The lowest BCUT2D eigenvalue weighted by Crippen LogP contribution is -1.80.